The molecule has 0 aliphatic rings. The maximum absolute atomic E-state index is 12.4. The summed E-state index contributed by atoms with van der Waals surface area (Å²) in [6.45, 7) is 3.85. The monoisotopic (exact) mass is 368 g/mol. The van der Waals surface area contributed by atoms with Crippen LogP contribution in [0.2, 0.25) is 0 Å². The Bertz CT molecular complexity index is 859. The highest BCUT2D eigenvalue weighted by Crippen LogP contribution is 2.28. The standard InChI is InChI=1S/C21H20O2S2/c1-14-12-16(13-15(2)20(14)22)8-9-18-10-11-19(24-18)21(23)25-17-6-4-3-5-7-17/h3-7,10-13,22H,8-9H2,1-2H3. The van der Waals surface area contributed by atoms with Crippen molar-refractivity contribution in [3.05, 3.63) is 81.0 Å². The van der Waals surface area contributed by atoms with Gasteiger partial charge in [0.1, 0.15) is 5.75 Å². The summed E-state index contributed by atoms with van der Waals surface area (Å²) in [4.78, 5) is 15.3. The third-order valence-electron chi connectivity index (χ3n) is 4.03. The fraction of sp³-hybridized carbons (Fsp3) is 0.190. The molecule has 2 aromatic carbocycles. The second kappa shape index (κ2) is 7.89. The average molecular weight is 369 g/mol. The molecule has 0 aliphatic carbocycles. The minimum Gasteiger partial charge on any atom is -0.507 e. The number of rotatable bonds is 5. The highest BCUT2D eigenvalue weighted by molar-refractivity contribution is 8.14. The van der Waals surface area contributed by atoms with E-state index in [1.807, 2.05) is 68.4 Å². The van der Waals surface area contributed by atoms with E-state index in [-0.39, 0.29) is 5.12 Å². The number of carbonyl (C=O) groups excluding carboxylic acids is 1. The Kier molecular flexibility index (Phi) is 5.61. The Hall–Kier alpha value is -2.04. The average Bonchev–Trinajstić information content (AvgIpc) is 3.08. The number of carbonyl (C=O) groups is 1. The van der Waals surface area contributed by atoms with Crippen molar-refractivity contribution in [3.63, 3.8) is 0 Å². The van der Waals surface area contributed by atoms with Gasteiger partial charge in [-0.1, -0.05) is 30.3 Å². The number of benzene rings is 2. The lowest BCUT2D eigenvalue weighted by atomic mass is 10.0. The van der Waals surface area contributed by atoms with Gasteiger partial charge in [-0.3, -0.25) is 4.79 Å². The molecule has 1 heterocycles. The van der Waals surface area contributed by atoms with Crippen molar-refractivity contribution in [1.82, 2.24) is 0 Å². The normalized spacial score (nSPS) is 10.8. The highest BCUT2D eigenvalue weighted by Gasteiger charge is 2.11. The molecule has 128 valence electrons. The van der Waals surface area contributed by atoms with Crippen LogP contribution in [0.15, 0.2) is 59.5 Å². The van der Waals surface area contributed by atoms with E-state index in [2.05, 4.69) is 0 Å². The second-order valence-corrected chi connectivity index (χ2v) is 8.26. The molecule has 0 aliphatic heterocycles. The van der Waals surface area contributed by atoms with Gasteiger partial charge in [-0.15, -0.1) is 11.3 Å². The van der Waals surface area contributed by atoms with E-state index in [0.717, 1.165) is 33.7 Å². The first-order valence-electron chi connectivity index (χ1n) is 8.18. The molecule has 0 saturated carbocycles. The van der Waals surface area contributed by atoms with Gasteiger partial charge in [0.05, 0.1) is 4.88 Å². The molecule has 0 atom stereocenters. The van der Waals surface area contributed by atoms with Crippen LogP contribution >= 0.6 is 23.1 Å². The zero-order chi connectivity index (χ0) is 17.8. The molecule has 4 heteroatoms. The summed E-state index contributed by atoms with van der Waals surface area (Å²) in [5, 5.41) is 9.96. The van der Waals surface area contributed by atoms with Crippen molar-refractivity contribution in [3.8, 4) is 5.75 Å². The molecule has 0 spiro atoms. The van der Waals surface area contributed by atoms with Crippen molar-refractivity contribution < 1.29 is 9.90 Å². The molecule has 0 amide bonds. The van der Waals surface area contributed by atoms with Gasteiger partial charge < -0.3 is 5.11 Å². The van der Waals surface area contributed by atoms with Crippen LogP contribution in [-0.4, -0.2) is 10.2 Å². The summed E-state index contributed by atoms with van der Waals surface area (Å²) in [6, 6.07) is 17.8. The van der Waals surface area contributed by atoms with Gasteiger partial charge in [-0.05, 0) is 79.4 Å². The zero-order valence-corrected chi connectivity index (χ0v) is 15.9. The first kappa shape index (κ1) is 17.8. The first-order valence-corrected chi connectivity index (χ1v) is 9.81. The van der Waals surface area contributed by atoms with Crippen LogP contribution in [-0.2, 0) is 12.8 Å². The van der Waals surface area contributed by atoms with E-state index in [1.54, 1.807) is 11.3 Å². The minimum atomic E-state index is 0.0961. The molecular formula is C21H20O2S2. The summed E-state index contributed by atoms with van der Waals surface area (Å²) < 4.78 is 0. The molecule has 0 saturated heterocycles. The maximum atomic E-state index is 12.4. The van der Waals surface area contributed by atoms with E-state index in [1.165, 1.54) is 22.2 Å². The molecule has 1 aromatic heterocycles. The summed E-state index contributed by atoms with van der Waals surface area (Å²) in [6.07, 6.45) is 1.81. The Balaban J connectivity index is 1.63. The topological polar surface area (TPSA) is 37.3 Å². The number of phenolic OH excluding ortho intramolecular Hbond substituents is 1. The van der Waals surface area contributed by atoms with Crippen molar-refractivity contribution in [2.45, 2.75) is 31.6 Å². The van der Waals surface area contributed by atoms with E-state index in [9.17, 15) is 9.90 Å². The van der Waals surface area contributed by atoms with Gasteiger partial charge >= 0.3 is 0 Å². The zero-order valence-electron chi connectivity index (χ0n) is 14.3. The Morgan fingerprint density at radius 2 is 1.68 bits per heavy atom. The molecule has 0 bridgehead atoms. The number of hydrogen-bond donors (Lipinski definition) is 1. The van der Waals surface area contributed by atoms with Gasteiger partial charge in [-0.25, -0.2) is 0 Å². The van der Waals surface area contributed by atoms with E-state index >= 15 is 0 Å². The number of aryl methyl sites for hydroxylation is 4. The van der Waals surface area contributed by atoms with Gasteiger partial charge in [0.25, 0.3) is 0 Å². The van der Waals surface area contributed by atoms with Crippen molar-refractivity contribution in [1.29, 1.82) is 0 Å². The van der Waals surface area contributed by atoms with E-state index in [0.29, 0.717) is 5.75 Å². The summed E-state index contributed by atoms with van der Waals surface area (Å²) in [5.74, 6) is 0.380. The van der Waals surface area contributed by atoms with Gasteiger partial charge in [0.2, 0.25) is 5.12 Å². The minimum absolute atomic E-state index is 0.0961. The molecule has 0 fully saturated rings. The van der Waals surface area contributed by atoms with Gasteiger partial charge in [-0.2, -0.15) is 0 Å². The molecule has 0 unspecified atom stereocenters. The van der Waals surface area contributed by atoms with Crippen LogP contribution in [0.25, 0.3) is 0 Å². The van der Waals surface area contributed by atoms with E-state index < -0.39 is 0 Å². The number of hydrogen-bond acceptors (Lipinski definition) is 4. The summed E-state index contributed by atoms with van der Waals surface area (Å²) >= 11 is 2.84. The number of thioether (sulfide) groups is 1. The molecule has 1 N–H and O–H groups in total. The number of aromatic hydroxyl groups is 1. The summed E-state index contributed by atoms with van der Waals surface area (Å²) in [5.41, 5.74) is 3.04. The number of phenols is 1. The van der Waals surface area contributed by atoms with Gasteiger partial charge in [0.15, 0.2) is 0 Å². The van der Waals surface area contributed by atoms with Gasteiger partial charge in [0, 0.05) is 9.77 Å². The Morgan fingerprint density at radius 3 is 2.36 bits per heavy atom. The molecule has 0 radical (unpaired) electrons. The predicted octanol–water partition coefficient (Wildman–Crippen LogP) is 5.79. The van der Waals surface area contributed by atoms with Crippen LogP contribution in [0.3, 0.4) is 0 Å². The van der Waals surface area contributed by atoms with Crippen LogP contribution in [0.5, 0.6) is 5.75 Å². The van der Waals surface area contributed by atoms with Crippen LogP contribution < -0.4 is 0 Å². The molecule has 3 aromatic rings. The molecular weight excluding hydrogens is 348 g/mol. The predicted molar refractivity (Wildman–Crippen MR) is 106 cm³/mol. The lowest BCUT2D eigenvalue weighted by Gasteiger charge is -2.07. The molecule has 2 nitrogen and oxygen atoms in total. The summed E-state index contributed by atoms with van der Waals surface area (Å²) in [7, 11) is 0. The number of thiophene rings is 1. The van der Waals surface area contributed by atoms with E-state index in [4.69, 9.17) is 0 Å². The molecule has 3 rings (SSSR count). The van der Waals surface area contributed by atoms with Crippen LogP contribution in [0.4, 0.5) is 0 Å². The third-order valence-corrected chi connectivity index (χ3v) is 6.21. The lowest BCUT2D eigenvalue weighted by molar-refractivity contribution is 0.109. The lowest BCUT2D eigenvalue weighted by Crippen LogP contribution is -1.92. The van der Waals surface area contributed by atoms with Crippen LogP contribution in [0.1, 0.15) is 31.2 Å². The highest BCUT2D eigenvalue weighted by atomic mass is 32.2. The quantitative estimate of drug-likeness (QED) is 0.579. The fourth-order valence-corrected chi connectivity index (χ4v) is 4.49. The van der Waals surface area contributed by atoms with Crippen molar-refractivity contribution >= 4 is 28.2 Å². The first-order chi connectivity index (χ1) is 12.0. The Labute approximate surface area is 156 Å². The van der Waals surface area contributed by atoms with Crippen molar-refractivity contribution in [2.75, 3.05) is 0 Å². The van der Waals surface area contributed by atoms with Crippen molar-refractivity contribution in [2.24, 2.45) is 0 Å². The van der Waals surface area contributed by atoms with Crippen LogP contribution in [0, 0.1) is 13.8 Å². The SMILES string of the molecule is Cc1cc(CCc2ccc(C(=O)Sc3ccccc3)s2)cc(C)c1O. The molecule has 25 heavy (non-hydrogen) atoms. The fourth-order valence-electron chi connectivity index (χ4n) is 2.73. The second-order valence-electron chi connectivity index (χ2n) is 6.05. The largest absolute Gasteiger partial charge is 0.507 e. The maximum Gasteiger partial charge on any atom is 0.234 e. The Morgan fingerprint density at radius 1 is 1.00 bits per heavy atom. The third kappa shape index (κ3) is 4.53. The smallest absolute Gasteiger partial charge is 0.234 e.